The standard InChI is InChI=1S/C29H51N3O3/c1-22(2)31-16-25(29(19-31)9-13-35-29)15-24(4)32-17-26(28(20-32)6-5-11-34-28)14-23(3)30-10-7-27(18-30)8-12-33-21-27/h22-26H,5-21H2,1-4H3. The Balaban J connectivity index is 1.09. The Hall–Kier alpha value is -0.240. The van der Waals surface area contributed by atoms with E-state index in [9.17, 15) is 0 Å². The van der Waals surface area contributed by atoms with Gasteiger partial charge in [-0.25, -0.2) is 0 Å². The summed E-state index contributed by atoms with van der Waals surface area (Å²) in [6, 6.07) is 1.85. The third kappa shape index (κ3) is 4.52. The van der Waals surface area contributed by atoms with Gasteiger partial charge in [-0.1, -0.05) is 0 Å². The Labute approximate surface area is 214 Å². The second kappa shape index (κ2) is 9.50. The summed E-state index contributed by atoms with van der Waals surface area (Å²) in [5, 5.41) is 0. The summed E-state index contributed by atoms with van der Waals surface area (Å²) in [4.78, 5) is 8.24. The summed E-state index contributed by atoms with van der Waals surface area (Å²) in [7, 11) is 0. The first kappa shape index (κ1) is 25.1. The maximum absolute atomic E-state index is 6.63. The average Bonchev–Trinajstić information content (AvgIpc) is 3.62. The molecule has 6 heterocycles. The van der Waals surface area contributed by atoms with E-state index in [1.165, 1.54) is 71.1 Å². The van der Waals surface area contributed by atoms with E-state index in [2.05, 4.69) is 42.4 Å². The molecule has 35 heavy (non-hydrogen) atoms. The average molecular weight is 490 g/mol. The van der Waals surface area contributed by atoms with E-state index in [0.717, 1.165) is 39.5 Å². The summed E-state index contributed by atoms with van der Waals surface area (Å²) in [5.41, 5.74) is 0.695. The van der Waals surface area contributed by atoms with Gasteiger partial charge in [0, 0.05) is 87.7 Å². The van der Waals surface area contributed by atoms with E-state index in [1.807, 2.05) is 0 Å². The molecule has 0 saturated carbocycles. The van der Waals surface area contributed by atoms with Gasteiger partial charge in [0.1, 0.15) is 0 Å². The van der Waals surface area contributed by atoms with E-state index < -0.39 is 0 Å². The van der Waals surface area contributed by atoms with Crippen molar-refractivity contribution in [3.8, 4) is 0 Å². The molecule has 7 unspecified atom stereocenters. The smallest absolute Gasteiger partial charge is 0.0871 e. The summed E-state index contributed by atoms with van der Waals surface area (Å²) in [5.74, 6) is 1.32. The van der Waals surface area contributed by atoms with Crippen LogP contribution in [0.2, 0.25) is 0 Å². The van der Waals surface area contributed by atoms with E-state index in [1.54, 1.807) is 0 Å². The highest BCUT2D eigenvalue weighted by Gasteiger charge is 2.55. The highest BCUT2D eigenvalue weighted by molar-refractivity contribution is 5.07. The van der Waals surface area contributed by atoms with Gasteiger partial charge >= 0.3 is 0 Å². The molecule has 7 atom stereocenters. The lowest BCUT2D eigenvalue weighted by Crippen LogP contribution is -2.52. The van der Waals surface area contributed by atoms with Crippen molar-refractivity contribution < 1.29 is 14.2 Å². The predicted molar refractivity (Wildman–Crippen MR) is 139 cm³/mol. The first-order valence-electron chi connectivity index (χ1n) is 14.9. The quantitative estimate of drug-likeness (QED) is 0.544. The molecule has 6 saturated heterocycles. The zero-order chi connectivity index (χ0) is 24.3. The molecule has 3 spiro atoms. The molecule has 6 nitrogen and oxygen atoms in total. The van der Waals surface area contributed by atoms with Gasteiger partial charge in [-0.3, -0.25) is 14.7 Å². The number of nitrogens with zero attached hydrogens (tertiary/aromatic N) is 3. The molecule has 0 aliphatic carbocycles. The molecule has 0 aromatic carbocycles. The fourth-order valence-corrected chi connectivity index (χ4v) is 8.70. The molecule has 6 fully saturated rings. The summed E-state index contributed by atoms with van der Waals surface area (Å²) in [6.07, 6.45) is 8.87. The second-order valence-corrected chi connectivity index (χ2v) is 13.7. The Kier molecular flexibility index (Phi) is 6.80. The largest absolute Gasteiger partial charge is 0.381 e. The van der Waals surface area contributed by atoms with Crippen LogP contribution in [0.3, 0.4) is 0 Å². The lowest BCUT2D eigenvalue weighted by molar-refractivity contribution is -0.165. The Morgan fingerprint density at radius 3 is 1.97 bits per heavy atom. The van der Waals surface area contributed by atoms with Gasteiger partial charge in [-0.05, 0) is 72.8 Å². The van der Waals surface area contributed by atoms with Crippen LogP contribution in [0.15, 0.2) is 0 Å². The maximum Gasteiger partial charge on any atom is 0.0871 e. The van der Waals surface area contributed by atoms with Crippen LogP contribution in [-0.4, -0.2) is 110 Å². The topological polar surface area (TPSA) is 37.4 Å². The molecule has 0 bridgehead atoms. The first-order chi connectivity index (χ1) is 16.8. The number of hydrogen-bond acceptors (Lipinski definition) is 6. The van der Waals surface area contributed by atoms with Gasteiger partial charge in [0.15, 0.2) is 0 Å². The third-order valence-electron chi connectivity index (χ3n) is 11.3. The van der Waals surface area contributed by atoms with Crippen LogP contribution in [0.4, 0.5) is 0 Å². The fourth-order valence-electron chi connectivity index (χ4n) is 8.70. The van der Waals surface area contributed by atoms with Gasteiger partial charge < -0.3 is 14.2 Å². The zero-order valence-corrected chi connectivity index (χ0v) is 23.0. The molecule has 6 heteroatoms. The maximum atomic E-state index is 6.63. The minimum Gasteiger partial charge on any atom is -0.381 e. The van der Waals surface area contributed by atoms with Gasteiger partial charge in [0.2, 0.25) is 0 Å². The van der Waals surface area contributed by atoms with Crippen LogP contribution in [0.5, 0.6) is 0 Å². The number of hydrogen-bond donors (Lipinski definition) is 0. The van der Waals surface area contributed by atoms with Gasteiger partial charge in [0.05, 0.1) is 24.4 Å². The van der Waals surface area contributed by atoms with Crippen molar-refractivity contribution in [2.45, 2.75) is 102 Å². The van der Waals surface area contributed by atoms with E-state index >= 15 is 0 Å². The van der Waals surface area contributed by atoms with Crippen molar-refractivity contribution in [2.75, 3.05) is 65.7 Å². The molecule has 0 aromatic rings. The van der Waals surface area contributed by atoms with Crippen molar-refractivity contribution in [3.05, 3.63) is 0 Å². The van der Waals surface area contributed by atoms with E-state index in [-0.39, 0.29) is 11.2 Å². The molecule has 0 aromatic heterocycles. The lowest BCUT2D eigenvalue weighted by atomic mass is 9.80. The molecule has 200 valence electrons. The van der Waals surface area contributed by atoms with Crippen LogP contribution < -0.4 is 0 Å². The van der Waals surface area contributed by atoms with Crippen LogP contribution >= 0.6 is 0 Å². The fraction of sp³-hybridized carbons (Fsp3) is 1.00. The van der Waals surface area contributed by atoms with E-state index in [4.69, 9.17) is 14.2 Å². The van der Waals surface area contributed by atoms with E-state index in [0.29, 0.717) is 35.4 Å². The zero-order valence-electron chi connectivity index (χ0n) is 23.0. The van der Waals surface area contributed by atoms with Crippen molar-refractivity contribution in [3.63, 3.8) is 0 Å². The molecular formula is C29H51N3O3. The third-order valence-corrected chi connectivity index (χ3v) is 11.3. The number of ether oxygens (including phenoxy) is 3. The number of rotatable bonds is 7. The van der Waals surface area contributed by atoms with Gasteiger partial charge in [-0.2, -0.15) is 0 Å². The predicted octanol–water partition coefficient (Wildman–Crippen LogP) is 3.64. The van der Waals surface area contributed by atoms with Crippen LogP contribution in [0.25, 0.3) is 0 Å². The molecule has 0 amide bonds. The van der Waals surface area contributed by atoms with Gasteiger partial charge in [0.25, 0.3) is 0 Å². The summed E-state index contributed by atoms with van der Waals surface area (Å²) >= 11 is 0. The van der Waals surface area contributed by atoms with Crippen molar-refractivity contribution in [1.82, 2.24) is 14.7 Å². The highest BCUT2D eigenvalue weighted by atomic mass is 16.5. The summed E-state index contributed by atoms with van der Waals surface area (Å²) in [6.45, 7) is 20.7. The minimum atomic E-state index is 0.0979. The van der Waals surface area contributed by atoms with Crippen LogP contribution in [0.1, 0.15) is 72.6 Å². The van der Waals surface area contributed by atoms with Crippen LogP contribution in [0, 0.1) is 17.3 Å². The Morgan fingerprint density at radius 1 is 0.714 bits per heavy atom. The highest BCUT2D eigenvalue weighted by Crippen LogP contribution is 2.47. The molecule has 6 rings (SSSR count). The van der Waals surface area contributed by atoms with Crippen LogP contribution in [-0.2, 0) is 14.2 Å². The van der Waals surface area contributed by atoms with Crippen molar-refractivity contribution >= 4 is 0 Å². The summed E-state index contributed by atoms with van der Waals surface area (Å²) < 4.78 is 18.7. The minimum absolute atomic E-state index is 0.0979. The molecule has 6 aliphatic rings. The molecular weight excluding hydrogens is 438 g/mol. The Bertz CT molecular complexity index is 743. The molecule has 0 N–H and O–H groups in total. The first-order valence-corrected chi connectivity index (χ1v) is 14.9. The van der Waals surface area contributed by atoms with Crippen molar-refractivity contribution in [1.29, 1.82) is 0 Å². The monoisotopic (exact) mass is 489 g/mol. The second-order valence-electron chi connectivity index (χ2n) is 13.7. The van der Waals surface area contributed by atoms with Crippen molar-refractivity contribution in [2.24, 2.45) is 17.3 Å². The molecule has 6 aliphatic heterocycles. The Morgan fingerprint density at radius 2 is 1.37 bits per heavy atom. The SMILES string of the molecule is CC(C)N1CC(CC(C)N2CC(CC(C)N3CCC4(CCOC4)C3)C3(CCCO3)C2)C2(CCO2)C1. The van der Waals surface area contributed by atoms with Gasteiger partial charge in [-0.15, -0.1) is 0 Å². The normalized spacial score (nSPS) is 44.5. The lowest BCUT2D eigenvalue weighted by Gasteiger charge is -2.44. The number of likely N-dealkylation sites (tertiary alicyclic amines) is 3. The molecule has 0 radical (unpaired) electrons.